The van der Waals surface area contributed by atoms with Crippen LogP contribution in [0.2, 0.25) is 17.6 Å². The molecule has 0 heterocycles. The molecule has 0 atom stereocenters. The second kappa shape index (κ2) is 47.4. The van der Waals surface area contributed by atoms with Crippen molar-refractivity contribution in [3.05, 3.63) is 0 Å². The largest absolute Gasteiger partial charge is 0.328 e. The van der Waals surface area contributed by atoms with Crippen molar-refractivity contribution in [2.24, 2.45) is 0 Å². The summed E-state index contributed by atoms with van der Waals surface area (Å²) in [5.74, 6) is 0. The maximum absolute atomic E-state index is 3.56. The van der Waals surface area contributed by atoms with Crippen LogP contribution in [0.15, 0.2) is 0 Å². The number of hydrogen-bond acceptors (Lipinski definition) is 24. The average Bonchev–Trinajstić information content (AvgIpc) is 3.17. The molecule has 0 aromatic carbocycles. The predicted molar refractivity (Wildman–Crippen MR) is 360 cm³/mol. The first kappa shape index (κ1) is 89.3. The summed E-state index contributed by atoms with van der Waals surface area (Å²) < 4.78 is 5.15. The molecule has 0 saturated heterocycles. The smallest absolute Gasteiger partial charge is 0.317 e. The minimum atomic E-state index is -2.16. The lowest BCUT2D eigenvalue weighted by Crippen LogP contribution is -2.82. The highest BCUT2D eigenvalue weighted by molar-refractivity contribution is 6.75. The number of hydrazine groups is 9. The molecule has 24 nitrogen and oxygen atoms in total. The number of hydrogen-bond donors (Lipinski definition) is 13. The van der Waals surface area contributed by atoms with E-state index in [0.717, 1.165) is 0 Å². The number of nitrogens with one attached hydrogen (secondary N) is 13. The van der Waals surface area contributed by atoms with Gasteiger partial charge < -0.3 is 14.1 Å². The van der Waals surface area contributed by atoms with Crippen LogP contribution in [-0.4, -0.2) is 282 Å². The van der Waals surface area contributed by atoms with E-state index >= 15 is 0 Å². The first-order chi connectivity index (χ1) is 35.1. The fourth-order valence-corrected chi connectivity index (χ4v) is 16.4. The molecule has 0 aromatic heterocycles. The van der Waals surface area contributed by atoms with Gasteiger partial charge in [-0.3, -0.25) is 91.6 Å². The van der Waals surface area contributed by atoms with Crippen molar-refractivity contribution in [2.45, 2.75) is 178 Å². The zero-order valence-electron chi connectivity index (χ0n) is 59.0. The third kappa shape index (κ3) is 65.3. The average molecular weight is 1210 g/mol. The Morgan fingerprint density at radius 2 is 0.654 bits per heavy atom. The molecule has 0 saturated carbocycles. The van der Waals surface area contributed by atoms with E-state index in [1.807, 2.05) is 172 Å². The van der Waals surface area contributed by atoms with Crippen molar-refractivity contribution < 1.29 is 0 Å². The minimum absolute atomic E-state index is 0.0845. The van der Waals surface area contributed by atoms with Gasteiger partial charge in [0.25, 0.3) is 9.28 Å². The Hall–Kier alpha value is 0.124. The summed E-state index contributed by atoms with van der Waals surface area (Å²) in [6.07, 6.45) is 0.111. The summed E-state index contributed by atoms with van der Waals surface area (Å²) >= 11 is 0. The van der Waals surface area contributed by atoms with Crippen LogP contribution >= 0.6 is 0 Å². The van der Waals surface area contributed by atoms with E-state index in [2.05, 4.69) is 214 Å². The van der Waals surface area contributed by atoms with Crippen LogP contribution in [0.1, 0.15) is 132 Å². The highest BCUT2D eigenvalue weighted by Gasteiger charge is 2.48. The molecular formula is C49H144N24Si5. The Morgan fingerprint density at radius 3 is 0.821 bits per heavy atom. The molecule has 0 spiro atoms. The summed E-state index contributed by atoms with van der Waals surface area (Å²) in [6.45, 7) is 48.9. The maximum Gasteiger partial charge on any atom is 0.328 e. The van der Waals surface area contributed by atoms with E-state index in [1.54, 1.807) is 0 Å². The highest BCUT2D eigenvalue weighted by Crippen LogP contribution is 2.30. The van der Waals surface area contributed by atoms with Crippen molar-refractivity contribution in [3.63, 3.8) is 0 Å². The van der Waals surface area contributed by atoms with Crippen molar-refractivity contribution in [2.75, 3.05) is 153 Å². The van der Waals surface area contributed by atoms with Gasteiger partial charge in [-0.2, -0.15) is 0 Å². The quantitative estimate of drug-likeness (QED) is 0.0265. The SMILES string of the molecule is CC(C)(C)NC(NC(C)(C)C)NC(C)(C)C.CC(C)N[SiH](NN(C)C)NN(C)C.CCN(CC)[SiH2]N(CC)CC.CC[SiH](NN(C)C)NN(C)C.CN(C)N[SiH](C)NN(C)C.CN(C)N[Si](NN(C)C)(NN(C)C)C(C)(C)C. The van der Waals surface area contributed by atoms with Crippen LogP contribution in [0.3, 0.4) is 0 Å². The zero-order chi connectivity index (χ0) is 63.2. The molecule has 0 aliphatic carbocycles. The van der Waals surface area contributed by atoms with Crippen LogP contribution in [0.25, 0.3) is 0 Å². The van der Waals surface area contributed by atoms with E-state index < -0.39 is 36.1 Å². The topological polar surface area (TPSA) is 192 Å². The number of nitrogens with zero attached hydrogens (tertiary/aromatic N) is 11. The Labute approximate surface area is 495 Å². The predicted octanol–water partition coefficient (Wildman–Crippen LogP) is 0.189. The lowest BCUT2D eigenvalue weighted by atomic mass is 10.1. The normalized spacial score (nSPS) is 13.0. The Kier molecular flexibility index (Phi) is 54.3. The molecule has 0 amide bonds. The summed E-state index contributed by atoms with van der Waals surface area (Å²) in [7, 11) is 30.7. The maximum atomic E-state index is 3.56. The van der Waals surface area contributed by atoms with Gasteiger partial charge >= 0.3 is 8.56 Å². The van der Waals surface area contributed by atoms with Gasteiger partial charge in [-0.1, -0.05) is 69.2 Å². The van der Waals surface area contributed by atoms with Gasteiger partial charge in [0.2, 0.25) is 18.2 Å². The van der Waals surface area contributed by atoms with Crippen LogP contribution in [-0.2, 0) is 0 Å². The van der Waals surface area contributed by atoms with Crippen LogP contribution in [0.4, 0.5) is 0 Å². The first-order valence-electron chi connectivity index (χ1n) is 28.6. The van der Waals surface area contributed by atoms with Gasteiger partial charge in [0.15, 0.2) is 9.84 Å². The molecule has 13 N–H and O–H groups in total. The van der Waals surface area contributed by atoms with Crippen molar-refractivity contribution >= 4 is 45.9 Å². The Balaban J connectivity index is -0.000000202. The molecule has 0 aliphatic heterocycles. The summed E-state index contributed by atoms with van der Waals surface area (Å²) in [5.41, 5.74) is 0.253. The number of rotatable bonds is 30. The van der Waals surface area contributed by atoms with Crippen molar-refractivity contribution in [3.8, 4) is 0 Å². The molecular weight excluding hydrogens is 1070 g/mol. The lowest BCUT2D eigenvalue weighted by molar-refractivity contribution is 0.192. The van der Waals surface area contributed by atoms with E-state index in [0.29, 0.717) is 6.04 Å². The second-order valence-corrected chi connectivity index (χ2v) is 37.8. The van der Waals surface area contributed by atoms with E-state index in [1.165, 1.54) is 32.2 Å². The van der Waals surface area contributed by atoms with E-state index in [-0.39, 0.29) is 37.8 Å². The molecule has 0 aliphatic rings. The Bertz CT molecular complexity index is 1190. The molecule has 78 heavy (non-hydrogen) atoms. The van der Waals surface area contributed by atoms with Crippen molar-refractivity contribution in [1.82, 2.24) is 121 Å². The third-order valence-electron chi connectivity index (χ3n) is 9.63. The molecule has 0 aromatic rings. The van der Waals surface area contributed by atoms with Gasteiger partial charge in [0.05, 0.1) is 0 Å². The second-order valence-electron chi connectivity index (χ2n) is 26.0. The summed E-state index contributed by atoms with van der Waals surface area (Å²) in [4.78, 5) is 3.48. The standard InChI is InChI=1S/C13H31N3.C10H30N6Si.C8H22N2Si.C7H23N5Si.C6H20N4Si.C5H18N4Si/c1-11(2,3)14-10(15-12(4,5)6)16-13(7,8)9;1-10(2,3)17(11-14(4)5,12-15(6)7)13-16(8)9;1-5-9(6-2)11-10(7-3)8-4;1-7(2)8-13(9-11(3)4)10-12(5)6;1-6-11(7-9(2)3)8-10(4)5;1-8(2)6-10(5)7-9(3)4/h10,14-16H,1-9H3;11-13H,1-9H3;5-8,11H2,1-4H3;7-10,13H,1-6H3;7-8,11H,6H2,1-5H3;6-7,10H,1-5H3. The van der Waals surface area contributed by atoms with E-state index in [4.69, 9.17) is 0 Å². The first-order valence-corrected chi connectivity index (χ1v) is 37.8. The van der Waals surface area contributed by atoms with Crippen LogP contribution in [0.5, 0.6) is 0 Å². The monoisotopic (exact) mass is 1210 g/mol. The van der Waals surface area contributed by atoms with Crippen LogP contribution in [0, 0.1) is 0 Å². The molecule has 0 unspecified atom stereocenters. The summed E-state index contributed by atoms with van der Waals surface area (Å²) in [5, 5.41) is 59.4. The fraction of sp³-hybridized carbons (Fsp3) is 1.00. The highest BCUT2D eigenvalue weighted by atomic mass is 28.4. The van der Waals surface area contributed by atoms with Gasteiger partial charge in [-0.25, -0.2) is 15.3 Å². The Morgan fingerprint density at radius 1 is 0.397 bits per heavy atom. The lowest BCUT2D eigenvalue weighted by Gasteiger charge is -2.47. The molecule has 0 rings (SSSR count). The van der Waals surface area contributed by atoms with Crippen molar-refractivity contribution in [1.29, 1.82) is 0 Å². The molecule has 0 bridgehead atoms. The fourth-order valence-electron chi connectivity index (χ4n) is 6.71. The van der Waals surface area contributed by atoms with E-state index in [9.17, 15) is 0 Å². The van der Waals surface area contributed by atoms with Gasteiger partial charge in [-0.05, 0) is 107 Å². The van der Waals surface area contributed by atoms with Crippen LogP contribution < -0.4 is 66.8 Å². The molecule has 480 valence electrons. The van der Waals surface area contributed by atoms with Gasteiger partial charge in [-0.15, -0.1) is 0 Å². The molecule has 0 fully saturated rings. The summed E-state index contributed by atoms with van der Waals surface area (Å²) in [6, 6.07) is 1.69. The minimum Gasteiger partial charge on any atom is -0.317 e. The zero-order valence-corrected chi connectivity index (χ0v) is 64.9. The third-order valence-corrected chi connectivity index (χ3v) is 23.7. The molecule has 0 radical (unpaired) electrons. The van der Waals surface area contributed by atoms with Gasteiger partial charge in [0.1, 0.15) is 6.29 Å². The van der Waals surface area contributed by atoms with Gasteiger partial charge in [0, 0.05) is 149 Å². The molecule has 29 heteroatoms.